The monoisotopic (exact) mass is 377 g/mol. The Labute approximate surface area is 158 Å². The van der Waals surface area contributed by atoms with Gasteiger partial charge in [0.15, 0.2) is 0 Å². The highest BCUT2D eigenvalue weighted by Crippen LogP contribution is 2.28. The van der Waals surface area contributed by atoms with Crippen LogP contribution in [0.2, 0.25) is 0 Å². The third-order valence-corrected chi connectivity index (χ3v) is 5.32. The second-order valence-corrected chi connectivity index (χ2v) is 7.21. The molecule has 2 N–H and O–H groups in total. The van der Waals surface area contributed by atoms with Gasteiger partial charge in [-0.3, -0.25) is 14.4 Å². The van der Waals surface area contributed by atoms with Crippen LogP contribution in [0.25, 0.3) is 0 Å². The summed E-state index contributed by atoms with van der Waals surface area (Å²) in [5.74, 6) is -0.320. The maximum atomic E-state index is 12.9. The number of nitrogens with one attached hydrogen (secondary N) is 2. The van der Waals surface area contributed by atoms with E-state index >= 15 is 0 Å². The van der Waals surface area contributed by atoms with E-state index < -0.39 is 0 Å². The van der Waals surface area contributed by atoms with Gasteiger partial charge in [-0.1, -0.05) is 0 Å². The van der Waals surface area contributed by atoms with Gasteiger partial charge < -0.3 is 24.8 Å². The molecule has 0 radical (unpaired) electrons. The summed E-state index contributed by atoms with van der Waals surface area (Å²) in [6.45, 7) is 1.49. The van der Waals surface area contributed by atoms with E-state index in [2.05, 4.69) is 15.6 Å². The number of carbonyl (C=O) groups excluding carboxylic acids is 3. The van der Waals surface area contributed by atoms with Gasteiger partial charge in [-0.15, -0.1) is 0 Å². The summed E-state index contributed by atoms with van der Waals surface area (Å²) in [5, 5.41) is 5.77. The molecule has 1 saturated carbocycles. The third-order valence-electron chi connectivity index (χ3n) is 5.32. The van der Waals surface area contributed by atoms with Crippen molar-refractivity contribution in [1.29, 1.82) is 0 Å². The minimum absolute atomic E-state index is 0.0130. The van der Waals surface area contributed by atoms with Crippen molar-refractivity contribution in [3.63, 3.8) is 0 Å². The van der Waals surface area contributed by atoms with Crippen molar-refractivity contribution < 1.29 is 19.1 Å². The molecule has 1 saturated heterocycles. The number of aromatic nitrogens is 2. The first-order chi connectivity index (χ1) is 13.0. The van der Waals surface area contributed by atoms with Crippen LogP contribution in [-0.4, -0.2) is 71.1 Å². The number of aryl methyl sites for hydroxylation is 1. The Morgan fingerprint density at radius 1 is 1.33 bits per heavy atom. The summed E-state index contributed by atoms with van der Waals surface area (Å²) in [4.78, 5) is 42.5. The third kappa shape index (κ3) is 4.65. The molecule has 0 aromatic carbocycles. The summed E-state index contributed by atoms with van der Waals surface area (Å²) in [5.41, 5.74) is 0.368. The lowest BCUT2D eigenvalue weighted by molar-refractivity contribution is -0.138. The van der Waals surface area contributed by atoms with Crippen LogP contribution in [0.5, 0.6) is 0 Å². The standard InChI is InChI=1S/C18H27N5O4/c1-22-10-14(20-11-22)17(25)21-13-4-3-12(9-15(13)27-2)18(26)23-7-5-16(24)19-6-8-23/h10-13,15H,3-9H2,1-2H3,(H,19,24)(H,21,25)/t12-,13-,15-/m0/s1. The van der Waals surface area contributed by atoms with E-state index in [9.17, 15) is 14.4 Å². The first kappa shape index (κ1) is 19.3. The van der Waals surface area contributed by atoms with Gasteiger partial charge in [0.2, 0.25) is 11.8 Å². The van der Waals surface area contributed by atoms with E-state index in [1.807, 2.05) is 7.05 Å². The smallest absolute Gasteiger partial charge is 0.271 e. The highest BCUT2D eigenvalue weighted by atomic mass is 16.5. The molecule has 1 aromatic heterocycles. The fourth-order valence-electron chi connectivity index (χ4n) is 3.80. The largest absolute Gasteiger partial charge is 0.379 e. The van der Waals surface area contributed by atoms with E-state index in [0.717, 1.165) is 0 Å². The quantitative estimate of drug-likeness (QED) is 0.748. The minimum atomic E-state index is -0.232. The van der Waals surface area contributed by atoms with Crippen molar-refractivity contribution in [2.24, 2.45) is 13.0 Å². The van der Waals surface area contributed by atoms with Gasteiger partial charge in [0.1, 0.15) is 5.69 Å². The molecule has 1 aromatic rings. The number of hydrogen-bond acceptors (Lipinski definition) is 5. The number of hydrogen-bond donors (Lipinski definition) is 2. The van der Waals surface area contributed by atoms with Gasteiger partial charge >= 0.3 is 0 Å². The van der Waals surface area contributed by atoms with Crippen molar-refractivity contribution in [2.45, 2.75) is 37.8 Å². The summed E-state index contributed by atoms with van der Waals surface area (Å²) >= 11 is 0. The molecule has 0 unspecified atom stereocenters. The maximum Gasteiger partial charge on any atom is 0.271 e. The van der Waals surface area contributed by atoms with Crippen LogP contribution in [0, 0.1) is 5.92 Å². The average Bonchev–Trinajstić information content (AvgIpc) is 2.98. The van der Waals surface area contributed by atoms with E-state index in [0.29, 0.717) is 51.0 Å². The lowest BCUT2D eigenvalue weighted by Gasteiger charge is -2.36. The zero-order chi connectivity index (χ0) is 19.4. The molecule has 9 nitrogen and oxygen atoms in total. The lowest BCUT2D eigenvalue weighted by Crippen LogP contribution is -2.50. The van der Waals surface area contributed by atoms with Crippen molar-refractivity contribution >= 4 is 17.7 Å². The molecule has 3 rings (SSSR count). The Morgan fingerprint density at radius 3 is 2.85 bits per heavy atom. The van der Waals surface area contributed by atoms with Gasteiger partial charge in [0.25, 0.3) is 5.91 Å². The highest BCUT2D eigenvalue weighted by Gasteiger charge is 2.37. The average molecular weight is 377 g/mol. The Balaban J connectivity index is 1.58. The highest BCUT2D eigenvalue weighted by molar-refractivity contribution is 5.92. The molecule has 0 spiro atoms. The fraction of sp³-hybridized carbons (Fsp3) is 0.667. The minimum Gasteiger partial charge on any atom is -0.379 e. The van der Waals surface area contributed by atoms with E-state index in [1.54, 1.807) is 29.1 Å². The summed E-state index contributed by atoms with van der Waals surface area (Å²) in [7, 11) is 3.41. The second kappa shape index (κ2) is 8.51. The van der Waals surface area contributed by atoms with Gasteiger partial charge in [-0.05, 0) is 19.3 Å². The number of imidazole rings is 1. The molecule has 9 heteroatoms. The molecule has 3 amide bonds. The molecule has 1 aliphatic heterocycles. The first-order valence-corrected chi connectivity index (χ1v) is 9.35. The molecule has 1 aliphatic carbocycles. The van der Waals surface area contributed by atoms with Crippen LogP contribution in [0.15, 0.2) is 12.5 Å². The van der Waals surface area contributed by atoms with Gasteiger partial charge in [-0.2, -0.15) is 0 Å². The normalized spacial score (nSPS) is 26.2. The first-order valence-electron chi connectivity index (χ1n) is 9.35. The number of carbonyl (C=O) groups is 3. The maximum absolute atomic E-state index is 12.9. The summed E-state index contributed by atoms with van der Waals surface area (Å²) in [6.07, 6.45) is 5.27. The molecular weight excluding hydrogens is 350 g/mol. The van der Waals surface area contributed by atoms with Crippen molar-refractivity contribution in [2.75, 3.05) is 26.7 Å². The van der Waals surface area contributed by atoms with Crippen LogP contribution < -0.4 is 10.6 Å². The second-order valence-electron chi connectivity index (χ2n) is 7.21. The van der Waals surface area contributed by atoms with Crippen LogP contribution in [0.3, 0.4) is 0 Å². The number of nitrogens with zero attached hydrogens (tertiary/aromatic N) is 3. The van der Waals surface area contributed by atoms with Crippen LogP contribution in [-0.2, 0) is 21.4 Å². The summed E-state index contributed by atoms with van der Waals surface area (Å²) < 4.78 is 7.30. The van der Waals surface area contributed by atoms with E-state index in [1.165, 1.54) is 0 Å². The Bertz CT molecular complexity index is 704. The van der Waals surface area contributed by atoms with Gasteiger partial charge in [-0.25, -0.2) is 4.98 Å². The Kier molecular flexibility index (Phi) is 6.10. The predicted octanol–water partition coefficient (Wildman–Crippen LogP) is -0.318. The number of amides is 3. The Morgan fingerprint density at radius 2 is 2.15 bits per heavy atom. The van der Waals surface area contributed by atoms with Gasteiger partial charge in [0, 0.05) is 52.3 Å². The summed E-state index contributed by atoms with van der Waals surface area (Å²) in [6, 6.07) is -0.152. The molecule has 2 fully saturated rings. The van der Waals surface area contributed by atoms with E-state index in [4.69, 9.17) is 4.74 Å². The molecule has 2 aliphatic rings. The van der Waals surface area contributed by atoms with Crippen LogP contribution >= 0.6 is 0 Å². The van der Waals surface area contributed by atoms with Crippen molar-refractivity contribution in [3.05, 3.63) is 18.2 Å². The lowest BCUT2D eigenvalue weighted by atomic mass is 9.82. The molecule has 148 valence electrons. The fourth-order valence-corrected chi connectivity index (χ4v) is 3.80. The molecule has 2 heterocycles. The zero-order valence-electron chi connectivity index (χ0n) is 15.8. The SMILES string of the molecule is CO[C@H]1C[C@@H](C(=O)N2CCNC(=O)CC2)CC[C@@H]1NC(=O)c1cn(C)cn1. The predicted molar refractivity (Wildman–Crippen MR) is 96.8 cm³/mol. The number of ether oxygens (including phenoxy) is 1. The van der Waals surface area contributed by atoms with Crippen molar-refractivity contribution in [3.8, 4) is 0 Å². The number of methoxy groups -OCH3 is 1. The topological polar surface area (TPSA) is 106 Å². The molecule has 0 bridgehead atoms. The molecule has 3 atom stereocenters. The zero-order valence-corrected chi connectivity index (χ0v) is 15.8. The molecule has 27 heavy (non-hydrogen) atoms. The van der Waals surface area contributed by atoms with Crippen molar-refractivity contribution in [1.82, 2.24) is 25.1 Å². The molecular formula is C18H27N5O4. The van der Waals surface area contributed by atoms with Crippen LogP contribution in [0.1, 0.15) is 36.2 Å². The Hall–Kier alpha value is -2.42. The van der Waals surface area contributed by atoms with Crippen LogP contribution in [0.4, 0.5) is 0 Å². The van der Waals surface area contributed by atoms with E-state index in [-0.39, 0.29) is 35.8 Å². The number of rotatable bonds is 4. The van der Waals surface area contributed by atoms with Gasteiger partial charge in [0.05, 0.1) is 18.5 Å².